The minimum absolute atomic E-state index is 0.0659. The van der Waals surface area contributed by atoms with Crippen LogP contribution >= 0.6 is 11.8 Å². The number of para-hydroxylation sites is 2. The van der Waals surface area contributed by atoms with E-state index in [4.69, 9.17) is 18.6 Å². The highest BCUT2D eigenvalue weighted by Crippen LogP contribution is 2.31. The minimum atomic E-state index is -0.221. The lowest BCUT2D eigenvalue weighted by Crippen LogP contribution is -2.42. The van der Waals surface area contributed by atoms with Crippen LogP contribution in [-0.4, -0.2) is 53.1 Å². The van der Waals surface area contributed by atoms with E-state index in [-0.39, 0.29) is 24.4 Å². The molecule has 1 aromatic heterocycles. The Bertz CT molecular complexity index is 1090. The number of aryl methyl sites for hydroxylation is 2. The quantitative estimate of drug-likeness (QED) is 0.476. The molecule has 3 aromatic rings. The van der Waals surface area contributed by atoms with Gasteiger partial charge in [-0.1, -0.05) is 36.0 Å². The fourth-order valence-electron chi connectivity index (χ4n) is 3.15. The number of aromatic nitrogens is 2. The van der Waals surface area contributed by atoms with Gasteiger partial charge in [0.25, 0.3) is 11.1 Å². The number of amides is 1. The van der Waals surface area contributed by atoms with Crippen molar-refractivity contribution in [3.8, 4) is 17.2 Å². The zero-order chi connectivity index (χ0) is 22.5. The standard InChI is InChI=1S/C23H25N3O5S/c1-15-8-9-16(2)20(10-15)29-13-21-24-25-23(31-21)32-14-22(27)26(3)11-17-12-28-18-6-4-5-7-19(18)30-17/h4-10,17H,11-14H2,1-3H3. The third-order valence-corrected chi connectivity index (χ3v) is 5.74. The number of rotatable bonds is 8. The fourth-order valence-corrected chi connectivity index (χ4v) is 3.87. The largest absolute Gasteiger partial charge is 0.486 e. The van der Waals surface area contributed by atoms with Crippen LogP contribution in [0.3, 0.4) is 0 Å². The molecular formula is C23H25N3O5S. The lowest BCUT2D eigenvalue weighted by Gasteiger charge is -2.29. The van der Waals surface area contributed by atoms with E-state index in [0.29, 0.717) is 30.0 Å². The monoisotopic (exact) mass is 455 g/mol. The summed E-state index contributed by atoms with van der Waals surface area (Å²) in [6.07, 6.45) is -0.221. The summed E-state index contributed by atoms with van der Waals surface area (Å²) in [6, 6.07) is 13.5. The van der Waals surface area contributed by atoms with E-state index < -0.39 is 0 Å². The Hall–Kier alpha value is -3.20. The van der Waals surface area contributed by atoms with Crippen molar-refractivity contribution in [2.24, 2.45) is 0 Å². The molecule has 0 spiro atoms. The molecule has 2 heterocycles. The number of hydrogen-bond acceptors (Lipinski definition) is 8. The average molecular weight is 456 g/mol. The summed E-state index contributed by atoms with van der Waals surface area (Å²) >= 11 is 1.20. The number of nitrogens with zero attached hydrogens (tertiary/aromatic N) is 3. The maximum absolute atomic E-state index is 12.5. The Labute approximate surface area is 190 Å². The predicted octanol–water partition coefficient (Wildman–Crippen LogP) is 3.66. The lowest BCUT2D eigenvalue weighted by atomic mass is 10.1. The molecule has 32 heavy (non-hydrogen) atoms. The molecule has 0 radical (unpaired) electrons. The number of carbonyl (C=O) groups is 1. The van der Waals surface area contributed by atoms with Crippen molar-refractivity contribution in [1.29, 1.82) is 0 Å². The van der Waals surface area contributed by atoms with Crippen molar-refractivity contribution in [1.82, 2.24) is 15.1 Å². The maximum atomic E-state index is 12.5. The van der Waals surface area contributed by atoms with Crippen LogP contribution in [0, 0.1) is 13.8 Å². The first-order valence-corrected chi connectivity index (χ1v) is 11.2. The molecule has 168 valence electrons. The molecule has 0 saturated heterocycles. The molecule has 1 unspecified atom stereocenters. The second-order valence-electron chi connectivity index (χ2n) is 7.58. The molecule has 1 aliphatic heterocycles. The van der Waals surface area contributed by atoms with Gasteiger partial charge in [0.1, 0.15) is 12.4 Å². The number of hydrogen-bond donors (Lipinski definition) is 0. The Morgan fingerprint density at radius 3 is 2.84 bits per heavy atom. The van der Waals surface area contributed by atoms with Crippen LogP contribution in [0.5, 0.6) is 17.2 Å². The topological polar surface area (TPSA) is 86.9 Å². The van der Waals surface area contributed by atoms with Gasteiger partial charge in [0.05, 0.1) is 12.3 Å². The molecule has 4 rings (SSSR count). The van der Waals surface area contributed by atoms with Crippen molar-refractivity contribution in [2.45, 2.75) is 31.8 Å². The van der Waals surface area contributed by atoms with Gasteiger partial charge >= 0.3 is 0 Å². The van der Waals surface area contributed by atoms with Gasteiger partial charge in [-0.2, -0.15) is 0 Å². The molecule has 0 bridgehead atoms. The van der Waals surface area contributed by atoms with Crippen molar-refractivity contribution in [2.75, 3.05) is 26.0 Å². The van der Waals surface area contributed by atoms with Crippen molar-refractivity contribution in [3.05, 3.63) is 59.5 Å². The van der Waals surface area contributed by atoms with Crippen LogP contribution in [0.2, 0.25) is 0 Å². The third-order valence-electron chi connectivity index (χ3n) is 4.93. The van der Waals surface area contributed by atoms with Gasteiger partial charge in [0.2, 0.25) is 5.91 Å². The summed E-state index contributed by atoms with van der Waals surface area (Å²) in [5.41, 5.74) is 2.15. The van der Waals surface area contributed by atoms with E-state index in [9.17, 15) is 4.79 Å². The highest BCUT2D eigenvalue weighted by Gasteiger charge is 2.24. The molecule has 1 atom stereocenters. The SMILES string of the molecule is Cc1ccc(C)c(OCc2nnc(SCC(=O)N(C)CC3COc4ccccc4O3)o2)c1. The number of ether oxygens (including phenoxy) is 3. The number of thioether (sulfide) groups is 1. The first kappa shape index (κ1) is 22.0. The second-order valence-corrected chi connectivity index (χ2v) is 8.51. The van der Waals surface area contributed by atoms with E-state index in [1.807, 2.05) is 56.3 Å². The smallest absolute Gasteiger partial charge is 0.277 e. The summed E-state index contributed by atoms with van der Waals surface area (Å²) in [6.45, 7) is 4.98. The molecule has 2 aromatic carbocycles. The fraction of sp³-hybridized carbons (Fsp3) is 0.348. The normalized spacial score (nSPS) is 14.8. The predicted molar refractivity (Wildman–Crippen MR) is 119 cm³/mol. The highest BCUT2D eigenvalue weighted by atomic mass is 32.2. The lowest BCUT2D eigenvalue weighted by molar-refractivity contribution is -0.128. The summed E-state index contributed by atoms with van der Waals surface area (Å²) in [5, 5.41) is 8.32. The van der Waals surface area contributed by atoms with Crippen LogP contribution in [-0.2, 0) is 11.4 Å². The third kappa shape index (κ3) is 5.53. The molecular weight excluding hydrogens is 430 g/mol. The molecule has 9 heteroatoms. The van der Waals surface area contributed by atoms with E-state index in [2.05, 4.69) is 10.2 Å². The minimum Gasteiger partial charge on any atom is -0.486 e. The molecule has 0 saturated carbocycles. The van der Waals surface area contributed by atoms with E-state index in [1.165, 1.54) is 11.8 Å². The summed E-state index contributed by atoms with van der Waals surface area (Å²) < 4.78 is 23.0. The number of fused-ring (bicyclic) bond motifs is 1. The summed E-state index contributed by atoms with van der Waals surface area (Å²) in [5.74, 6) is 2.68. The second kappa shape index (κ2) is 9.95. The average Bonchev–Trinajstić information content (AvgIpc) is 3.25. The number of carbonyl (C=O) groups excluding carboxylic acids is 1. The molecule has 0 aliphatic carbocycles. The van der Waals surface area contributed by atoms with Crippen molar-refractivity contribution >= 4 is 17.7 Å². The van der Waals surface area contributed by atoms with E-state index in [1.54, 1.807) is 11.9 Å². The molecule has 0 fully saturated rings. The van der Waals surface area contributed by atoms with Crippen molar-refractivity contribution in [3.63, 3.8) is 0 Å². The van der Waals surface area contributed by atoms with Crippen molar-refractivity contribution < 1.29 is 23.4 Å². The highest BCUT2D eigenvalue weighted by molar-refractivity contribution is 7.99. The Balaban J connectivity index is 1.23. The van der Waals surface area contributed by atoms with Gasteiger partial charge in [-0.05, 0) is 43.2 Å². The first-order valence-electron chi connectivity index (χ1n) is 10.3. The van der Waals surface area contributed by atoms with Gasteiger partial charge in [-0.3, -0.25) is 4.79 Å². The van der Waals surface area contributed by atoms with Gasteiger partial charge in [-0.15, -0.1) is 10.2 Å². The first-order chi connectivity index (χ1) is 15.5. The van der Waals surface area contributed by atoms with E-state index in [0.717, 1.165) is 22.6 Å². The van der Waals surface area contributed by atoms with Gasteiger partial charge in [0.15, 0.2) is 24.2 Å². The van der Waals surface area contributed by atoms with Gasteiger partial charge < -0.3 is 23.5 Å². The zero-order valence-corrected chi connectivity index (χ0v) is 19.1. The van der Waals surface area contributed by atoms with Crippen LogP contribution in [0.4, 0.5) is 0 Å². The molecule has 1 amide bonds. The van der Waals surface area contributed by atoms with Crippen LogP contribution in [0.1, 0.15) is 17.0 Å². The Morgan fingerprint density at radius 1 is 1.19 bits per heavy atom. The van der Waals surface area contributed by atoms with Crippen LogP contribution in [0.25, 0.3) is 0 Å². The Kier molecular flexibility index (Phi) is 6.84. The zero-order valence-electron chi connectivity index (χ0n) is 18.2. The Morgan fingerprint density at radius 2 is 2.00 bits per heavy atom. The maximum Gasteiger partial charge on any atom is 0.277 e. The van der Waals surface area contributed by atoms with E-state index >= 15 is 0 Å². The number of likely N-dealkylation sites (N-methyl/N-ethyl adjacent to an activating group) is 1. The van der Waals surface area contributed by atoms with Gasteiger partial charge in [-0.25, -0.2) is 0 Å². The molecule has 1 aliphatic rings. The van der Waals surface area contributed by atoms with Gasteiger partial charge in [0, 0.05) is 7.05 Å². The summed E-state index contributed by atoms with van der Waals surface area (Å²) in [7, 11) is 1.74. The molecule has 0 N–H and O–H groups in total. The molecule has 8 nitrogen and oxygen atoms in total. The van der Waals surface area contributed by atoms with Crippen LogP contribution in [0.15, 0.2) is 52.1 Å². The number of benzene rings is 2. The summed E-state index contributed by atoms with van der Waals surface area (Å²) in [4.78, 5) is 14.1. The van der Waals surface area contributed by atoms with Crippen LogP contribution < -0.4 is 14.2 Å².